The van der Waals surface area contributed by atoms with Crippen molar-refractivity contribution in [1.29, 1.82) is 0 Å². The van der Waals surface area contributed by atoms with Crippen LogP contribution >= 0.6 is 0 Å². The maximum atomic E-state index is 11.2. The van der Waals surface area contributed by atoms with Crippen LogP contribution in [0.25, 0.3) is 0 Å². The molecule has 4 nitrogen and oxygen atoms in total. The third kappa shape index (κ3) is 4.28. The average Bonchev–Trinajstić information content (AvgIpc) is 2.20. The summed E-state index contributed by atoms with van der Waals surface area (Å²) >= 11 is 0. The molecule has 0 aromatic heterocycles. The van der Waals surface area contributed by atoms with E-state index in [1.54, 1.807) is 6.07 Å². The van der Waals surface area contributed by atoms with Gasteiger partial charge in [0.1, 0.15) is 0 Å². The van der Waals surface area contributed by atoms with Crippen LogP contribution in [0.3, 0.4) is 0 Å². The second-order valence-corrected chi connectivity index (χ2v) is 5.83. The lowest BCUT2D eigenvalue weighted by Crippen LogP contribution is -2.22. The van der Waals surface area contributed by atoms with E-state index in [4.69, 9.17) is 0 Å². The number of carbonyl (C=O) groups is 1. The Morgan fingerprint density at radius 3 is 2.28 bits per heavy atom. The number of aromatic hydroxyl groups is 2. The second kappa shape index (κ2) is 5.29. The van der Waals surface area contributed by atoms with E-state index >= 15 is 0 Å². The molecular formula is C14H20O4. The first-order valence-electron chi connectivity index (χ1n) is 5.93. The molecule has 0 bridgehead atoms. The lowest BCUT2D eigenvalue weighted by molar-refractivity contribution is -0.142. The zero-order valence-corrected chi connectivity index (χ0v) is 11.0. The summed E-state index contributed by atoms with van der Waals surface area (Å²) in [6.45, 7) is 5.99. The van der Waals surface area contributed by atoms with Crippen molar-refractivity contribution in [3.05, 3.63) is 23.8 Å². The van der Waals surface area contributed by atoms with Gasteiger partial charge in [-0.05, 0) is 36.0 Å². The molecule has 0 aliphatic rings. The SMILES string of the molecule is CC(C)(C)CC(Cc1ccc(O)c(O)c1)C(=O)O. The normalized spacial score (nSPS) is 13.3. The van der Waals surface area contributed by atoms with Gasteiger partial charge in [-0.2, -0.15) is 0 Å². The molecule has 0 heterocycles. The van der Waals surface area contributed by atoms with Crippen molar-refractivity contribution < 1.29 is 20.1 Å². The first-order valence-corrected chi connectivity index (χ1v) is 5.93. The van der Waals surface area contributed by atoms with Gasteiger partial charge in [0.2, 0.25) is 0 Å². The fourth-order valence-corrected chi connectivity index (χ4v) is 1.97. The summed E-state index contributed by atoms with van der Waals surface area (Å²) in [7, 11) is 0. The minimum atomic E-state index is -0.836. The average molecular weight is 252 g/mol. The van der Waals surface area contributed by atoms with Crippen molar-refractivity contribution in [2.24, 2.45) is 11.3 Å². The van der Waals surface area contributed by atoms with Crippen molar-refractivity contribution >= 4 is 5.97 Å². The largest absolute Gasteiger partial charge is 0.504 e. The molecule has 18 heavy (non-hydrogen) atoms. The van der Waals surface area contributed by atoms with E-state index in [2.05, 4.69) is 0 Å². The van der Waals surface area contributed by atoms with Gasteiger partial charge in [-0.15, -0.1) is 0 Å². The van der Waals surface area contributed by atoms with Gasteiger partial charge in [-0.25, -0.2) is 0 Å². The van der Waals surface area contributed by atoms with Crippen molar-refractivity contribution in [2.75, 3.05) is 0 Å². The lowest BCUT2D eigenvalue weighted by atomic mass is 9.82. The number of hydrogen-bond donors (Lipinski definition) is 3. The number of phenols is 2. The van der Waals surface area contributed by atoms with E-state index in [1.165, 1.54) is 12.1 Å². The Hall–Kier alpha value is -1.71. The zero-order valence-electron chi connectivity index (χ0n) is 11.0. The number of hydrogen-bond acceptors (Lipinski definition) is 3. The maximum Gasteiger partial charge on any atom is 0.306 e. The van der Waals surface area contributed by atoms with Crippen LogP contribution < -0.4 is 0 Å². The van der Waals surface area contributed by atoms with E-state index < -0.39 is 11.9 Å². The third-order valence-electron chi connectivity index (χ3n) is 2.73. The van der Waals surface area contributed by atoms with Crippen LogP contribution in [-0.4, -0.2) is 21.3 Å². The Morgan fingerprint density at radius 2 is 1.83 bits per heavy atom. The van der Waals surface area contributed by atoms with Crippen molar-refractivity contribution in [1.82, 2.24) is 0 Å². The molecule has 100 valence electrons. The maximum absolute atomic E-state index is 11.2. The minimum Gasteiger partial charge on any atom is -0.504 e. The van der Waals surface area contributed by atoms with Crippen LogP contribution in [0.15, 0.2) is 18.2 Å². The van der Waals surface area contributed by atoms with Crippen LogP contribution in [0, 0.1) is 11.3 Å². The minimum absolute atomic E-state index is 0.0674. The van der Waals surface area contributed by atoms with Crippen LogP contribution in [0.2, 0.25) is 0 Å². The third-order valence-corrected chi connectivity index (χ3v) is 2.73. The number of carboxylic acids is 1. The fourth-order valence-electron chi connectivity index (χ4n) is 1.97. The van der Waals surface area contributed by atoms with E-state index in [0.29, 0.717) is 18.4 Å². The topological polar surface area (TPSA) is 77.8 Å². The molecule has 0 saturated heterocycles. The number of aliphatic carboxylic acids is 1. The first kappa shape index (κ1) is 14.4. The predicted octanol–water partition coefficient (Wildman–Crippen LogP) is 2.78. The summed E-state index contributed by atoms with van der Waals surface area (Å²) in [5, 5.41) is 27.8. The molecule has 0 aliphatic heterocycles. The summed E-state index contributed by atoms with van der Waals surface area (Å²) in [5.74, 6) is -1.74. The van der Waals surface area contributed by atoms with Crippen molar-refractivity contribution in [2.45, 2.75) is 33.6 Å². The van der Waals surface area contributed by atoms with Gasteiger partial charge in [-0.1, -0.05) is 26.8 Å². The highest BCUT2D eigenvalue weighted by atomic mass is 16.4. The molecule has 1 rings (SSSR count). The molecule has 1 aromatic carbocycles. The molecule has 0 saturated carbocycles. The predicted molar refractivity (Wildman–Crippen MR) is 68.7 cm³/mol. The standard InChI is InChI=1S/C14H20O4/c1-14(2,3)8-10(13(17)18)6-9-4-5-11(15)12(16)7-9/h4-5,7,10,15-16H,6,8H2,1-3H3,(H,17,18). The van der Waals surface area contributed by atoms with Gasteiger partial charge in [0.15, 0.2) is 11.5 Å². The first-order chi connectivity index (χ1) is 8.19. The van der Waals surface area contributed by atoms with Gasteiger partial charge >= 0.3 is 5.97 Å². The Bertz CT molecular complexity index is 432. The quantitative estimate of drug-likeness (QED) is 0.720. The van der Waals surface area contributed by atoms with Gasteiger partial charge in [0.05, 0.1) is 5.92 Å². The van der Waals surface area contributed by atoms with Gasteiger partial charge in [0, 0.05) is 0 Å². The lowest BCUT2D eigenvalue weighted by Gasteiger charge is -2.23. The van der Waals surface area contributed by atoms with Crippen LogP contribution in [-0.2, 0) is 11.2 Å². The van der Waals surface area contributed by atoms with Crippen LogP contribution in [0.5, 0.6) is 11.5 Å². The van der Waals surface area contributed by atoms with E-state index in [-0.39, 0.29) is 16.9 Å². The van der Waals surface area contributed by atoms with Crippen molar-refractivity contribution in [3.8, 4) is 11.5 Å². The molecule has 0 amide bonds. The number of phenolic OH excluding ortho intramolecular Hbond substituents is 2. The van der Waals surface area contributed by atoms with Crippen molar-refractivity contribution in [3.63, 3.8) is 0 Å². The number of rotatable bonds is 4. The van der Waals surface area contributed by atoms with E-state index in [0.717, 1.165) is 0 Å². The smallest absolute Gasteiger partial charge is 0.306 e. The van der Waals surface area contributed by atoms with Crippen LogP contribution in [0.4, 0.5) is 0 Å². The molecule has 0 radical (unpaired) electrons. The molecule has 0 spiro atoms. The molecule has 0 fully saturated rings. The van der Waals surface area contributed by atoms with Gasteiger partial charge < -0.3 is 15.3 Å². The summed E-state index contributed by atoms with van der Waals surface area (Å²) in [4.78, 5) is 11.2. The fraction of sp³-hybridized carbons (Fsp3) is 0.500. The summed E-state index contributed by atoms with van der Waals surface area (Å²) in [6, 6.07) is 4.42. The Balaban J connectivity index is 2.83. The molecule has 4 heteroatoms. The van der Waals surface area contributed by atoms with Gasteiger partial charge in [-0.3, -0.25) is 4.79 Å². The van der Waals surface area contributed by atoms with Gasteiger partial charge in [0.25, 0.3) is 0 Å². The number of benzene rings is 1. The Kier molecular flexibility index (Phi) is 4.22. The monoisotopic (exact) mass is 252 g/mol. The molecular weight excluding hydrogens is 232 g/mol. The van der Waals surface area contributed by atoms with E-state index in [1.807, 2.05) is 20.8 Å². The summed E-state index contributed by atoms with van der Waals surface area (Å²) in [6.07, 6.45) is 0.907. The zero-order chi connectivity index (χ0) is 13.9. The Morgan fingerprint density at radius 1 is 1.22 bits per heavy atom. The number of carboxylic acid groups (broad SMARTS) is 1. The van der Waals surface area contributed by atoms with E-state index in [9.17, 15) is 20.1 Å². The molecule has 0 aliphatic carbocycles. The second-order valence-electron chi connectivity index (χ2n) is 5.83. The highest BCUT2D eigenvalue weighted by molar-refractivity contribution is 5.70. The Labute approximate surface area is 107 Å². The highest BCUT2D eigenvalue weighted by Gasteiger charge is 2.24. The molecule has 1 unspecified atom stereocenters. The summed E-state index contributed by atoms with van der Waals surface area (Å²) in [5.41, 5.74) is 0.643. The molecule has 1 aromatic rings. The summed E-state index contributed by atoms with van der Waals surface area (Å²) < 4.78 is 0. The molecule has 3 N–H and O–H groups in total. The highest BCUT2D eigenvalue weighted by Crippen LogP contribution is 2.30. The van der Waals surface area contributed by atoms with Crippen LogP contribution in [0.1, 0.15) is 32.8 Å². The molecule has 1 atom stereocenters.